The van der Waals surface area contributed by atoms with Gasteiger partial charge in [-0.05, 0) is 37.0 Å². The number of carbonyl (C=O) groups is 1. The summed E-state index contributed by atoms with van der Waals surface area (Å²) in [4.78, 5) is 11.8. The van der Waals surface area contributed by atoms with Crippen LogP contribution in [0.4, 0.5) is 0 Å². The lowest BCUT2D eigenvalue weighted by atomic mass is 10.1. The number of sulfonamides is 1. The lowest BCUT2D eigenvalue weighted by molar-refractivity contribution is 0.0487. The molecule has 0 amide bonds. The number of benzene rings is 1. The fourth-order valence-electron chi connectivity index (χ4n) is 1.46. The summed E-state index contributed by atoms with van der Waals surface area (Å²) in [5.41, 5.74) is 0.886. The van der Waals surface area contributed by atoms with Gasteiger partial charge >= 0.3 is 5.97 Å². The van der Waals surface area contributed by atoms with Gasteiger partial charge in [0.15, 0.2) is 0 Å². The van der Waals surface area contributed by atoms with Crippen LogP contribution in [-0.2, 0) is 14.8 Å². The van der Waals surface area contributed by atoms with Gasteiger partial charge in [0.05, 0.1) is 17.1 Å². The molecule has 0 aliphatic heterocycles. The first-order valence-corrected chi connectivity index (χ1v) is 7.57. The van der Waals surface area contributed by atoms with Gasteiger partial charge in [-0.15, -0.1) is 0 Å². The highest BCUT2D eigenvalue weighted by atomic mass is 32.2. The molecule has 0 spiro atoms. The summed E-state index contributed by atoms with van der Waals surface area (Å²) in [7, 11) is -3.82. The Morgan fingerprint density at radius 2 is 2.00 bits per heavy atom. The minimum absolute atomic E-state index is 0.0890. The average molecular weight is 285 g/mol. The third-order valence-corrected chi connectivity index (χ3v) is 3.60. The first kappa shape index (κ1) is 15.7. The second kappa shape index (κ2) is 6.16. The first-order valence-electron chi connectivity index (χ1n) is 6.02. The number of esters is 1. The SMILES string of the molecule is Cc1ccc(S(N)(=O)=O)cc1C(=O)OCCC(C)C. The van der Waals surface area contributed by atoms with E-state index in [0.717, 1.165) is 6.42 Å². The Morgan fingerprint density at radius 1 is 1.37 bits per heavy atom. The lowest BCUT2D eigenvalue weighted by Gasteiger charge is -2.09. The fourth-order valence-corrected chi connectivity index (χ4v) is 2.00. The normalized spacial score (nSPS) is 11.6. The summed E-state index contributed by atoms with van der Waals surface area (Å²) in [5.74, 6) is -0.0895. The molecule has 0 unspecified atom stereocenters. The zero-order valence-corrected chi connectivity index (χ0v) is 12.2. The Kier molecular flexibility index (Phi) is 5.08. The van der Waals surface area contributed by atoms with Crippen LogP contribution in [0.1, 0.15) is 36.2 Å². The van der Waals surface area contributed by atoms with E-state index in [0.29, 0.717) is 18.1 Å². The summed E-state index contributed by atoms with van der Waals surface area (Å²) in [6.45, 7) is 6.09. The Bertz CT molecular complexity index is 564. The average Bonchev–Trinajstić information content (AvgIpc) is 2.27. The molecule has 0 saturated carbocycles. The van der Waals surface area contributed by atoms with Crippen molar-refractivity contribution in [1.82, 2.24) is 0 Å². The van der Waals surface area contributed by atoms with Gasteiger partial charge in [0, 0.05) is 0 Å². The van der Waals surface area contributed by atoms with Crippen molar-refractivity contribution in [2.75, 3.05) is 6.61 Å². The number of nitrogens with two attached hydrogens (primary N) is 1. The molecule has 2 N–H and O–H groups in total. The van der Waals surface area contributed by atoms with E-state index in [1.807, 2.05) is 13.8 Å². The maximum Gasteiger partial charge on any atom is 0.338 e. The van der Waals surface area contributed by atoms with Crippen LogP contribution in [-0.4, -0.2) is 21.0 Å². The van der Waals surface area contributed by atoms with Gasteiger partial charge in [0.25, 0.3) is 0 Å². The number of hydrogen-bond donors (Lipinski definition) is 1. The van der Waals surface area contributed by atoms with Gasteiger partial charge < -0.3 is 4.74 Å². The van der Waals surface area contributed by atoms with Gasteiger partial charge in [0.2, 0.25) is 10.0 Å². The zero-order valence-electron chi connectivity index (χ0n) is 11.3. The van der Waals surface area contributed by atoms with E-state index in [4.69, 9.17) is 9.88 Å². The van der Waals surface area contributed by atoms with Crippen LogP contribution in [0.15, 0.2) is 23.1 Å². The highest BCUT2D eigenvalue weighted by molar-refractivity contribution is 7.89. The molecular weight excluding hydrogens is 266 g/mol. The Morgan fingerprint density at radius 3 is 2.53 bits per heavy atom. The van der Waals surface area contributed by atoms with Crippen LogP contribution in [0.3, 0.4) is 0 Å². The van der Waals surface area contributed by atoms with Crippen LogP contribution in [0.2, 0.25) is 0 Å². The third kappa shape index (κ3) is 4.65. The first-order chi connectivity index (χ1) is 8.71. The summed E-state index contributed by atoms with van der Waals surface area (Å²) in [6, 6.07) is 4.16. The molecular formula is C13H19NO4S. The monoisotopic (exact) mass is 285 g/mol. The van der Waals surface area contributed by atoms with Crippen LogP contribution in [0.5, 0.6) is 0 Å². The summed E-state index contributed by atoms with van der Waals surface area (Å²) in [6.07, 6.45) is 0.764. The minimum atomic E-state index is -3.82. The van der Waals surface area contributed by atoms with E-state index in [-0.39, 0.29) is 10.5 Å². The van der Waals surface area contributed by atoms with Crippen molar-refractivity contribution in [3.8, 4) is 0 Å². The molecule has 0 atom stereocenters. The van der Waals surface area contributed by atoms with Crippen LogP contribution in [0.25, 0.3) is 0 Å². The molecule has 1 rings (SSSR count). The van der Waals surface area contributed by atoms with E-state index in [1.54, 1.807) is 13.0 Å². The van der Waals surface area contributed by atoms with Gasteiger partial charge in [0.1, 0.15) is 0 Å². The molecule has 0 aliphatic carbocycles. The Hall–Kier alpha value is -1.40. The molecule has 1 aromatic rings. The number of rotatable bonds is 5. The van der Waals surface area contributed by atoms with E-state index in [2.05, 4.69) is 0 Å². The fraction of sp³-hybridized carbons (Fsp3) is 0.462. The van der Waals surface area contributed by atoms with Gasteiger partial charge in [-0.3, -0.25) is 0 Å². The van der Waals surface area contributed by atoms with E-state index in [1.165, 1.54) is 12.1 Å². The molecule has 6 heteroatoms. The van der Waals surface area contributed by atoms with Crippen molar-refractivity contribution < 1.29 is 17.9 Å². The summed E-state index contributed by atoms with van der Waals surface area (Å²) >= 11 is 0. The lowest BCUT2D eigenvalue weighted by Crippen LogP contribution is -2.15. The molecule has 19 heavy (non-hydrogen) atoms. The van der Waals surface area contributed by atoms with Gasteiger partial charge in [-0.25, -0.2) is 18.4 Å². The Labute approximate surface area is 113 Å². The molecule has 1 aromatic carbocycles. The standard InChI is InChI=1S/C13H19NO4S/c1-9(2)6-7-18-13(15)12-8-11(19(14,16)17)5-4-10(12)3/h4-5,8-9H,6-7H2,1-3H3,(H2,14,16,17). The number of carbonyl (C=O) groups excluding carboxylic acids is 1. The van der Waals surface area contributed by atoms with E-state index < -0.39 is 16.0 Å². The predicted molar refractivity (Wildman–Crippen MR) is 72.3 cm³/mol. The second-order valence-electron chi connectivity index (χ2n) is 4.84. The number of hydrogen-bond acceptors (Lipinski definition) is 4. The minimum Gasteiger partial charge on any atom is -0.462 e. The number of aryl methyl sites for hydroxylation is 1. The summed E-state index contributed by atoms with van der Waals surface area (Å²) in [5, 5.41) is 5.04. The second-order valence-corrected chi connectivity index (χ2v) is 6.40. The predicted octanol–water partition coefficient (Wildman–Crippen LogP) is 1.85. The van der Waals surface area contributed by atoms with Crippen molar-refractivity contribution in [2.24, 2.45) is 11.1 Å². The van der Waals surface area contributed by atoms with Crippen LogP contribution >= 0.6 is 0 Å². The smallest absolute Gasteiger partial charge is 0.338 e. The molecule has 0 fully saturated rings. The van der Waals surface area contributed by atoms with Crippen LogP contribution in [0, 0.1) is 12.8 Å². The largest absolute Gasteiger partial charge is 0.462 e. The molecule has 0 radical (unpaired) electrons. The van der Waals surface area contributed by atoms with Crippen molar-refractivity contribution in [1.29, 1.82) is 0 Å². The van der Waals surface area contributed by atoms with Gasteiger partial charge in [-0.2, -0.15) is 0 Å². The third-order valence-electron chi connectivity index (χ3n) is 2.69. The highest BCUT2D eigenvalue weighted by Gasteiger charge is 2.15. The van der Waals surface area contributed by atoms with Crippen molar-refractivity contribution in [2.45, 2.75) is 32.1 Å². The van der Waals surface area contributed by atoms with Crippen molar-refractivity contribution >= 4 is 16.0 Å². The zero-order chi connectivity index (χ0) is 14.6. The van der Waals surface area contributed by atoms with E-state index in [9.17, 15) is 13.2 Å². The topological polar surface area (TPSA) is 86.5 Å². The molecule has 5 nitrogen and oxygen atoms in total. The quantitative estimate of drug-likeness (QED) is 0.836. The number of primary sulfonamides is 1. The Balaban J connectivity index is 2.90. The molecule has 0 saturated heterocycles. The highest BCUT2D eigenvalue weighted by Crippen LogP contribution is 2.16. The van der Waals surface area contributed by atoms with Crippen LogP contribution < -0.4 is 5.14 Å². The van der Waals surface area contributed by atoms with Crippen molar-refractivity contribution in [3.05, 3.63) is 29.3 Å². The molecule has 0 aliphatic rings. The summed E-state index contributed by atoms with van der Waals surface area (Å²) < 4.78 is 27.6. The molecule has 0 aromatic heterocycles. The molecule has 106 valence electrons. The van der Waals surface area contributed by atoms with E-state index >= 15 is 0 Å². The molecule has 0 bridgehead atoms. The number of ether oxygens (including phenoxy) is 1. The van der Waals surface area contributed by atoms with Crippen molar-refractivity contribution in [3.63, 3.8) is 0 Å². The van der Waals surface area contributed by atoms with Gasteiger partial charge in [-0.1, -0.05) is 19.9 Å². The molecule has 0 heterocycles. The maximum absolute atomic E-state index is 11.9. The maximum atomic E-state index is 11.9.